The van der Waals surface area contributed by atoms with Gasteiger partial charge in [-0.25, -0.2) is 9.97 Å². The lowest BCUT2D eigenvalue weighted by Gasteiger charge is -2.47. The molecule has 2 aliphatic heterocycles. The molecule has 5 heteroatoms. The smallest absolute Gasteiger partial charge is 0.161 e. The maximum atomic E-state index is 10.4. The molecule has 2 aliphatic rings. The van der Waals surface area contributed by atoms with Gasteiger partial charge in [-0.15, -0.1) is 0 Å². The predicted octanol–water partition coefficient (Wildman–Crippen LogP) is 2.96. The number of aliphatic hydroxyl groups is 1. The lowest BCUT2D eigenvalue weighted by molar-refractivity contribution is -0.164. The van der Waals surface area contributed by atoms with Crippen LogP contribution in [0.2, 0.25) is 0 Å². The van der Waals surface area contributed by atoms with Crippen molar-refractivity contribution < 1.29 is 9.84 Å². The van der Waals surface area contributed by atoms with E-state index >= 15 is 0 Å². The number of aromatic nitrogens is 2. The zero-order valence-electron chi connectivity index (χ0n) is 14.7. The minimum absolute atomic E-state index is 0.338. The molecule has 1 atom stereocenters. The molecule has 25 heavy (non-hydrogen) atoms. The summed E-state index contributed by atoms with van der Waals surface area (Å²) in [5.41, 5.74) is 1.66. The van der Waals surface area contributed by atoms with E-state index in [0.717, 1.165) is 68.3 Å². The maximum Gasteiger partial charge on any atom is 0.161 e. The van der Waals surface area contributed by atoms with E-state index in [0.29, 0.717) is 0 Å². The van der Waals surface area contributed by atoms with Crippen molar-refractivity contribution in [1.29, 1.82) is 0 Å². The molecule has 2 fully saturated rings. The average Bonchev–Trinajstić information content (AvgIpc) is 2.65. The SMILES string of the molecule is Cc1cc(N2CCC3(CC2)OCCC[C@H]3O)nc(-c2ccccc2)n1. The summed E-state index contributed by atoms with van der Waals surface area (Å²) in [6.07, 6.45) is 3.16. The van der Waals surface area contributed by atoms with E-state index in [-0.39, 0.29) is 11.7 Å². The third-order valence-corrected chi connectivity index (χ3v) is 5.43. The molecule has 1 spiro atoms. The number of piperidine rings is 1. The van der Waals surface area contributed by atoms with Gasteiger partial charge in [0.1, 0.15) is 5.82 Å². The van der Waals surface area contributed by atoms with E-state index in [1.54, 1.807) is 0 Å². The predicted molar refractivity (Wildman–Crippen MR) is 97.6 cm³/mol. The molecule has 3 heterocycles. The Morgan fingerprint density at radius 2 is 1.92 bits per heavy atom. The third kappa shape index (κ3) is 3.26. The first kappa shape index (κ1) is 16.5. The van der Waals surface area contributed by atoms with Crippen LogP contribution in [0.4, 0.5) is 5.82 Å². The molecule has 0 radical (unpaired) electrons. The number of aliphatic hydroxyl groups excluding tert-OH is 1. The molecular formula is C20H25N3O2. The zero-order valence-corrected chi connectivity index (χ0v) is 14.7. The lowest BCUT2D eigenvalue weighted by Crippen LogP contribution is -2.55. The van der Waals surface area contributed by atoms with Gasteiger partial charge in [0.05, 0.1) is 11.7 Å². The highest BCUT2D eigenvalue weighted by Gasteiger charge is 2.43. The van der Waals surface area contributed by atoms with Crippen LogP contribution in [0, 0.1) is 6.92 Å². The molecule has 132 valence electrons. The molecule has 5 nitrogen and oxygen atoms in total. The quantitative estimate of drug-likeness (QED) is 0.911. The fourth-order valence-corrected chi connectivity index (χ4v) is 3.93. The van der Waals surface area contributed by atoms with Crippen LogP contribution in [0.1, 0.15) is 31.4 Å². The molecule has 1 N–H and O–H groups in total. The first-order valence-electron chi connectivity index (χ1n) is 9.14. The third-order valence-electron chi connectivity index (χ3n) is 5.43. The highest BCUT2D eigenvalue weighted by atomic mass is 16.5. The fraction of sp³-hybridized carbons (Fsp3) is 0.500. The van der Waals surface area contributed by atoms with E-state index in [1.807, 2.05) is 43.3 Å². The second-order valence-corrected chi connectivity index (χ2v) is 7.12. The lowest BCUT2D eigenvalue weighted by atomic mass is 9.82. The summed E-state index contributed by atoms with van der Waals surface area (Å²) < 4.78 is 6.01. The van der Waals surface area contributed by atoms with Crippen molar-refractivity contribution >= 4 is 5.82 Å². The van der Waals surface area contributed by atoms with Crippen LogP contribution in [0.15, 0.2) is 36.4 Å². The van der Waals surface area contributed by atoms with Crippen LogP contribution in [-0.4, -0.2) is 46.5 Å². The van der Waals surface area contributed by atoms with Crippen molar-refractivity contribution in [2.24, 2.45) is 0 Å². The molecule has 1 aromatic carbocycles. The van der Waals surface area contributed by atoms with Gasteiger partial charge in [-0.1, -0.05) is 30.3 Å². The Bertz CT molecular complexity index is 727. The van der Waals surface area contributed by atoms with Crippen LogP contribution in [0.25, 0.3) is 11.4 Å². The number of anilines is 1. The Morgan fingerprint density at radius 3 is 2.64 bits per heavy atom. The van der Waals surface area contributed by atoms with E-state index in [2.05, 4.69) is 9.88 Å². The summed E-state index contributed by atoms with van der Waals surface area (Å²) in [6, 6.07) is 12.1. The van der Waals surface area contributed by atoms with Crippen LogP contribution in [-0.2, 0) is 4.74 Å². The molecule has 0 aliphatic carbocycles. The second-order valence-electron chi connectivity index (χ2n) is 7.12. The van der Waals surface area contributed by atoms with Crippen LogP contribution >= 0.6 is 0 Å². The molecule has 0 unspecified atom stereocenters. The molecule has 2 aromatic rings. The van der Waals surface area contributed by atoms with Gasteiger partial charge in [-0.3, -0.25) is 0 Å². The van der Waals surface area contributed by atoms with Crippen molar-refractivity contribution in [2.75, 3.05) is 24.6 Å². The summed E-state index contributed by atoms with van der Waals surface area (Å²) in [5, 5.41) is 10.4. The van der Waals surface area contributed by atoms with Gasteiger partial charge in [0.15, 0.2) is 5.82 Å². The van der Waals surface area contributed by atoms with Gasteiger partial charge in [0.25, 0.3) is 0 Å². The number of nitrogens with zero attached hydrogens (tertiary/aromatic N) is 3. The second kappa shape index (κ2) is 6.73. The van der Waals surface area contributed by atoms with E-state index in [4.69, 9.17) is 9.72 Å². The normalized spacial score (nSPS) is 23.0. The van der Waals surface area contributed by atoms with Crippen LogP contribution in [0.5, 0.6) is 0 Å². The van der Waals surface area contributed by atoms with E-state index in [1.165, 1.54) is 0 Å². The van der Waals surface area contributed by atoms with Crippen LogP contribution in [0.3, 0.4) is 0 Å². The van der Waals surface area contributed by atoms with Crippen molar-refractivity contribution in [3.05, 3.63) is 42.1 Å². The molecule has 0 saturated carbocycles. The molecule has 1 aromatic heterocycles. The maximum absolute atomic E-state index is 10.4. The summed E-state index contributed by atoms with van der Waals surface area (Å²) in [6.45, 7) is 4.47. The van der Waals surface area contributed by atoms with Crippen molar-refractivity contribution in [3.63, 3.8) is 0 Å². The minimum Gasteiger partial charge on any atom is -0.390 e. The largest absolute Gasteiger partial charge is 0.390 e. The van der Waals surface area contributed by atoms with Crippen molar-refractivity contribution in [2.45, 2.75) is 44.3 Å². The topological polar surface area (TPSA) is 58.5 Å². The minimum atomic E-state index is -0.348. The Kier molecular flexibility index (Phi) is 4.44. The number of rotatable bonds is 2. The summed E-state index contributed by atoms with van der Waals surface area (Å²) in [4.78, 5) is 11.7. The number of hydrogen-bond acceptors (Lipinski definition) is 5. The molecular weight excluding hydrogens is 314 g/mol. The highest BCUT2D eigenvalue weighted by Crippen LogP contribution is 2.36. The van der Waals surface area contributed by atoms with Crippen molar-refractivity contribution in [3.8, 4) is 11.4 Å². The Labute approximate surface area is 148 Å². The Balaban J connectivity index is 1.54. The Hall–Kier alpha value is -1.98. The van der Waals surface area contributed by atoms with Crippen molar-refractivity contribution in [1.82, 2.24) is 9.97 Å². The zero-order chi connectivity index (χ0) is 17.3. The van der Waals surface area contributed by atoms with Gasteiger partial charge < -0.3 is 14.7 Å². The monoisotopic (exact) mass is 339 g/mol. The summed E-state index contributed by atoms with van der Waals surface area (Å²) >= 11 is 0. The number of ether oxygens (including phenoxy) is 1. The van der Waals surface area contributed by atoms with Gasteiger partial charge in [-0.2, -0.15) is 0 Å². The van der Waals surface area contributed by atoms with Gasteiger partial charge in [0.2, 0.25) is 0 Å². The number of hydrogen-bond donors (Lipinski definition) is 1. The van der Waals surface area contributed by atoms with E-state index in [9.17, 15) is 5.11 Å². The van der Waals surface area contributed by atoms with Crippen LogP contribution < -0.4 is 4.90 Å². The molecule has 4 rings (SSSR count). The number of aryl methyl sites for hydroxylation is 1. The fourth-order valence-electron chi connectivity index (χ4n) is 3.93. The number of benzene rings is 1. The van der Waals surface area contributed by atoms with Gasteiger partial charge >= 0.3 is 0 Å². The Morgan fingerprint density at radius 1 is 1.16 bits per heavy atom. The molecule has 0 amide bonds. The standard InChI is InChI=1S/C20H25N3O2/c1-15-14-18(22-19(21-15)16-6-3-2-4-7-16)23-11-9-20(10-12-23)17(24)8-5-13-25-20/h2-4,6-7,14,17,24H,5,8-13H2,1H3/t17-/m1/s1. The average molecular weight is 339 g/mol. The first-order chi connectivity index (χ1) is 12.2. The molecule has 0 bridgehead atoms. The van der Waals surface area contributed by atoms with E-state index < -0.39 is 0 Å². The molecule has 2 saturated heterocycles. The van der Waals surface area contributed by atoms with Gasteiger partial charge in [-0.05, 0) is 32.6 Å². The first-order valence-corrected chi connectivity index (χ1v) is 9.14. The highest BCUT2D eigenvalue weighted by molar-refractivity contribution is 5.58. The van der Waals surface area contributed by atoms with Gasteiger partial charge in [0, 0.05) is 37.0 Å². The summed E-state index contributed by atoms with van der Waals surface area (Å²) in [7, 11) is 0. The summed E-state index contributed by atoms with van der Waals surface area (Å²) in [5.74, 6) is 1.73.